The number of hydrogen-bond donors (Lipinski definition) is 1. The van der Waals surface area contributed by atoms with E-state index in [1.54, 1.807) is 0 Å². The lowest BCUT2D eigenvalue weighted by Gasteiger charge is -2.27. The van der Waals surface area contributed by atoms with Gasteiger partial charge in [-0.2, -0.15) is 11.8 Å². The van der Waals surface area contributed by atoms with Crippen LogP contribution in [0.2, 0.25) is 0 Å². The number of fused-ring (bicyclic) bond motifs is 1. The van der Waals surface area contributed by atoms with Crippen molar-refractivity contribution >= 4 is 29.3 Å². The first-order valence-electron chi connectivity index (χ1n) is 6.60. The quantitative estimate of drug-likeness (QED) is 0.902. The molecule has 0 radical (unpaired) electrons. The van der Waals surface area contributed by atoms with Crippen molar-refractivity contribution in [1.82, 2.24) is 9.97 Å². The Morgan fingerprint density at radius 2 is 2.00 bits per heavy atom. The summed E-state index contributed by atoms with van der Waals surface area (Å²) in [6, 6.07) is 0. The van der Waals surface area contributed by atoms with E-state index in [-0.39, 0.29) is 0 Å². The molecule has 0 aromatic carbocycles. The van der Waals surface area contributed by atoms with Crippen LogP contribution in [0, 0.1) is 0 Å². The lowest BCUT2D eigenvalue weighted by Crippen LogP contribution is -2.19. The van der Waals surface area contributed by atoms with Gasteiger partial charge in [0, 0.05) is 35.1 Å². The lowest BCUT2D eigenvalue weighted by atomic mass is 10.2. The van der Waals surface area contributed by atoms with Gasteiger partial charge in [-0.1, -0.05) is 6.92 Å². The van der Waals surface area contributed by atoms with E-state index >= 15 is 0 Å². The molecule has 1 saturated heterocycles. The Morgan fingerprint density at radius 3 is 2.78 bits per heavy atom. The minimum atomic E-state index is 0.460. The first kappa shape index (κ1) is 12.6. The van der Waals surface area contributed by atoms with Gasteiger partial charge in [-0.05, 0) is 19.3 Å². The fraction of sp³-hybridized carbons (Fsp3) is 0.692. The Morgan fingerprint density at radius 1 is 1.17 bits per heavy atom. The highest BCUT2D eigenvalue weighted by Gasteiger charge is 2.29. The summed E-state index contributed by atoms with van der Waals surface area (Å²) in [5.74, 6) is 4.59. The molecular weight excluding hydrogens is 262 g/mol. The predicted molar refractivity (Wildman–Crippen MR) is 80.7 cm³/mol. The molecule has 18 heavy (non-hydrogen) atoms. The Hall–Kier alpha value is -0.420. The van der Waals surface area contributed by atoms with E-state index < -0.39 is 0 Å². The number of anilines is 1. The third-order valence-corrected chi connectivity index (χ3v) is 6.72. The Balaban J connectivity index is 1.97. The van der Waals surface area contributed by atoms with Crippen LogP contribution < -0.4 is 5.32 Å². The van der Waals surface area contributed by atoms with E-state index in [0.717, 1.165) is 24.5 Å². The van der Waals surface area contributed by atoms with Crippen molar-refractivity contribution in [2.45, 2.75) is 36.7 Å². The third-order valence-electron chi connectivity index (χ3n) is 3.63. The summed E-state index contributed by atoms with van der Waals surface area (Å²) in [7, 11) is 1.97. The number of hydrogen-bond acceptors (Lipinski definition) is 5. The van der Waals surface area contributed by atoms with Crippen molar-refractivity contribution in [3.8, 4) is 0 Å². The van der Waals surface area contributed by atoms with Gasteiger partial charge in [0.2, 0.25) is 0 Å². The summed E-state index contributed by atoms with van der Waals surface area (Å²) in [5, 5.41) is 4.33. The molecule has 0 bridgehead atoms. The van der Waals surface area contributed by atoms with Crippen LogP contribution in [0.4, 0.5) is 5.82 Å². The molecule has 3 rings (SSSR count). The van der Waals surface area contributed by atoms with Gasteiger partial charge in [0.1, 0.15) is 11.6 Å². The highest BCUT2D eigenvalue weighted by Crippen LogP contribution is 2.42. The van der Waals surface area contributed by atoms with Crippen LogP contribution in [-0.2, 0) is 12.8 Å². The SMILES string of the molecule is CNc1nc(C2SCCSC2C)nc2c1CCC2. The molecular formula is C13H19N3S2. The van der Waals surface area contributed by atoms with E-state index in [2.05, 4.69) is 12.2 Å². The van der Waals surface area contributed by atoms with Gasteiger partial charge in [0.05, 0.1) is 5.25 Å². The van der Waals surface area contributed by atoms with Gasteiger partial charge in [0.15, 0.2) is 0 Å². The predicted octanol–water partition coefficient (Wildman–Crippen LogP) is 2.92. The number of rotatable bonds is 2. The number of nitrogens with one attached hydrogen (secondary N) is 1. The molecule has 1 fully saturated rings. The molecule has 2 heterocycles. The first-order valence-corrected chi connectivity index (χ1v) is 8.70. The van der Waals surface area contributed by atoms with Crippen molar-refractivity contribution in [2.24, 2.45) is 0 Å². The van der Waals surface area contributed by atoms with Gasteiger partial charge >= 0.3 is 0 Å². The maximum absolute atomic E-state index is 4.85. The second-order valence-corrected chi connectivity index (χ2v) is 7.56. The molecule has 2 unspecified atom stereocenters. The van der Waals surface area contributed by atoms with E-state index in [0.29, 0.717) is 10.5 Å². The summed E-state index contributed by atoms with van der Waals surface area (Å²) in [4.78, 5) is 9.63. The molecule has 2 aliphatic rings. The average molecular weight is 281 g/mol. The number of aromatic nitrogens is 2. The first-order chi connectivity index (χ1) is 8.79. The van der Waals surface area contributed by atoms with Crippen LogP contribution in [0.15, 0.2) is 0 Å². The topological polar surface area (TPSA) is 37.8 Å². The molecule has 0 spiro atoms. The molecule has 1 aromatic heterocycles. The highest BCUT2D eigenvalue weighted by molar-refractivity contribution is 8.06. The van der Waals surface area contributed by atoms with Crippen LogP contribution >= 0.6 is 23.5 Å². The lowest BCUT2D eigenvalue weighted by molar-refractivity contribution is 0.807. The second-order valence-electron chi connectivity index (χ2n) is 4.83. The molecule has 0 saturated carbocycles. The van der Waals surface area contributed by atoms with Gasteiger partial charge in [-0.3, -0.25) is 0 Å². The average Bonchev–Trinajstić information content (AvgIpc) is 2.86. The van der Waals surface area contributed by atoms with Crippen molar-refractivity contribution in [3.05, 3.63) is 17.1 Å². The maximum atomic E-state index is 4.85. The molecule has 5 heteroatoms. The van der Waals surface area contributed by atoms with Crippen molar-refractivity contribution in [2.75, 3.05) is 23.9 Å². The Bertz CT molecular complexity index is 450. The van der Waals surface area contributed by atoms with Crippen LogP contribution in [0.25, 0.3) is 0 Å². The minimum Gasteiger partial charge on any atom is -0.373 e. The highest BCUT2D eigenvalue weighted by atomic mass is 32.2. The molecule has 3 nitrogen and oxygen atoms in total. The molecule has 1 aromatic rings. The van der Waals surface area contributed by atoms with Crippen LogP contribution in [-0.4, -0.2) is 33.8 Å². The van der Waals surface area contributed by atoms with Crippen molar-refractivity contribution in [1.29, 1.82) is 0 Å². The third kappa shape index (κ3) is 2.23. The van der Waals surface area contributed by atoms with Crippen molar-refractivity contribution in [3.63, 3.8) is 0 Å². The number of aryl methyl sites for hydroxylation is 1. The summed E-state index contributed by atoms with van der Waals surface area (Å²) in [6.07, 6.45) is 3.48. The summed E-state index contributed by atoms with van der Waals surface area (Å²) >= 11 is 4.06. The molecule has 1 aliphatic carbocycles. The minimum absolute atomic E-state index is 0.460. The van der Waals surface area contributed by atoms with Gasteiger partial charge in [-0.15, -0.1) is 11.8 Å². The molecule has 1 N–H and O–H groups in total. The van der Waals surface area contributed by atoms with E-state index in [9.17, 15) is 0 Å². The smallest absolute Gasteiger partial charge is 0.145 e. The largest absolute Gasteiger partial charge is 0.373 e. The van der Waals surface area contributed by atoms with Gasteiger partial charge in [0.25, 0.3) is 0 Å². The number of thioether (sulfide) groups is 2. The zero-order valence-corrected chi connectivity index (χ0v) is 12.5. The molecule has 0 amide bonds. The van der Waals surface area contributed by atoms with Gasteiger partial charge in [-0.25, -0.2) is 9.97 Å². The molecule has 1 aliphatic heterocycles. The van der Waals surface area contributed by atoms with Crippen molar-refractivity contribution < 1.29 is 0 Å². The summed E-state index contributed by atoms with van der Waals surface area (Å²) in [5.41, 5.74) is 2.63. The van der Waals surface area contributed by atoms with E-state index in [1.807, 2.05) is 30.6 Å². The molecule has 2 atom stereocenters. The fourth-order valence-electron chi connectivity index (χ4n) is 2.70. The van der Waals surface area contributed by atoms with E-state index in [4.69, 9.17) is 9.97 Å². The second kappa shape index (κ2) is 5.29. The summed E-state index contributed by atoms with van der Waals surface area (Å²) < 4.78 is 0. The Kier molecular flexibility index (Phi) is 3.71. The molecule has 98 valence electrons. The Labute approximate surface area is 117 Å². The summed E-state index contributed by atoms with van der Waals surface area (Å²) in [6.45, 7) is 2.30. The standard InChI is InChI=1S/C13H19N3S2/c1-8-11(18-7-6-17-8)13-15-10-5-3-4-9(10)12(14-2)16-13/h8,11H,3-7H2,1-2H3,(H,14,15,16). The maximum Gasteiger partial charge on any atom is 0.145 e. The normalized spacial score (nSPS) is 27.0. The zero-order valence-electron chi connectivity index (χ0n) is 10.9. The zero-order chi connectivity index (χ0) is 12.5. The number of nitrogens with zero attached hydrogens (tertiary/aromatic N) is 2. The monoisotopic (exact) mass is 281 g/mol. The van der Waals surface area contributed by atoms with Gasteiger partial charge < -0.3 is 5.32 Å². The van der Waals surface area contributed by atoms with Crippen LogP contribution in [0.1, 0.15) is 35.7 Å². The van der Waals surface area contributed by atoms with E-state index in [1.165, 1.54) is 29.2 Å². The fourth-order valence-corrected chi connectivity index (χ4v) is 5.39. The van der Waals surface area contributed by atoms with Crippen LogP contribution in [0.5, 0.6) is 0 Å². The van der Waals surface area contributed by atoms with Crippen LogP contribution in [0.3, 0.4) is 0 Å².